The second kappa shape index (κ2) is 8.58. The van der Waals surface area contributed by atoms with Crippen molar-refractivity contribution in [1.82, 2.24) is 19.7 Å². The van der Waals surface area contributed by atoms with Crippen LogP contribution in [0, 0.1) is 6.92 Å². The molecule has 0 aliphatic carbocycles. The number of aromatic nitrogens is 3. The number of hydrogen-bond donors (Lipinski definition) is 0. The maximum absolute atomic E-state index is 13.6. The number of amides is 1. The van der Waals surface area contributed by atoms with E-state index < -0.39 is 0 Å². The van der Waals surface area contributed by atoms with Crippen LogP contribution < -0.4 is 9.64 Å². The van der Waals surface area contributed by atoms with Gasteiger partial charge in [0.2, 0.25) is 11.8 Å². The van der Waals surface area contributed by atoms with Gasteiger partial charge in [-0.2, -0.15) is 5.10 Å². The van der Waals surface area contributed by atoms with Gasteiger partial charge in [-0.1, -0.05) is 48.5 Å². The highest BCUT2D eigenvalue weighted by molar-refractivity contribution is 6.19. The number of fused-ring (bicyclic) bond motifs is 3. The Hall–Kier alpha value is -4.46. The Balaban J connectivity index is 1.40. The summed E-state index contributed by atoms with van der Waals surface area (Å²) in [6.45, 7) is 7.17. The maximum Gasteiger partial charge on any atom is 0.269 e. The lowest BCUT2D eigenvalue weighted by atomic mass is 10.1. The third-order valence-corrected chi connectivity index (χ3v) is 6.58. The highest BCUT2D eigenvalue weighted by Crippen LogP contribution is 2.40. The second-order valence-electron chi connectivity index (χ2n) is 10.1. The molecule has 4 aromatic rings. The molecule has 2 aliphatic heterocycles. The van der Waals surface area contributed by atoms with Crippen LogP contribution in [0.15, 0.2) is 77.8 Å². The maximum atomic E-state index is 13.6. The van der Waals surface area contributed by atoms with Crippen molar-refractivity contribution in [3.05, 3.63) is 89.6 Å². The van der Waals surface area contributed by atoms with Crippen molar-refractivity contribution >= 4 is 17.7 Å². The molecule has 0 radical (unpaired) electrons. The summed E-state index contributed by atoms with van der Waals surface area (Å²) in [7, 11) is 1.75. The fourth-order valence-corrected chi connectivity index (χ4v) is 4.79. The first-order valence-electron chi connectivity index (χ1n) is 12.3. The van der Waals surface area contributed by atoms with Crippen LogP contribution in [0.25, 0.3) is 11.3 Å². The molecular weight excluding hydrogens is 464 g/mol. The molecule has 0 saturated carbocycles. The van der Waals surface area contributed by atoms with Crippen LogP contribution in [0.2, 0.25) is 0 Å². The van der Waals surface area contributed by atoms with E-state index in [9.17, 15) is 4.79 Å². The number of nitrogens with zero attached hydrogens (tertiary/aromatic N) is 6. The molecule has 0 saturated heterocycles. The SMILES string of the molecule is Cc1cccc(-c2ccc(Cn3nc4c(c3Oc3ccccc3)C(=O)N(C)C3=NC(C)(C)CN34)cc2)n1. The predicted molar refractivity (Wildman–Crippen MR) is 143 cm³/mol. The van der Waals surface area contributed by atoms with Gasteiger partial charge in [0.05, 0.1) is 24.3 Å². The van der Waals surface area contributed by atoms with Gasteiger partial charge in [0.15, 0.2) is 5.82 Å². The first-order chi connectivity index (χ1) is 17.8. The van der Waals surface area contributed by atoms with E-state index in [-0.39, 0.29) is 11.4 Å². The minimum absolute atomic E-state index is 0.180. The minimum atomic E-state index is -0.324. The third-order valence-electron chi connectivity index (χ3n) is 6.58. The number of carbonyl (C=O) groups is 1. The molecule has 6 rings (SSSR count). The number of ether oxygens (including phenoxy) is 1. The van der Waals surface area contributed by atoms with E-state index in [1.807, 2.05) is 60.4 Å². The van der Waals surface area contributed by atoms with Gasteiger partial charge in [0.1, 0.15) is 11.3 Å². The monoisotopic (exact) mass is 492 g/mol. The molecule has 0 unspecified atom stereocenters. The van der Waals surface area contributed by atoms with Gasteiger partial charge in [-0.15, -0.1) is 0 Å². The lowest BCUT2D eigenvalue weighted by Crippen LogP contribution is -2.48. The first-order valence-corrected chi connectivity index (χ1v) is 12.3. The quantitative estimate of drug-likeness (QED) is 0.386. The van der Waals surface area contributed by atoms with Crippen molar-refractivity contribution in [2.24, 2.45) is 4.99 Å². The highest BCUT2D eigenvalue weighted by Gasteiger charge is 2.45. The number of benzene rings is 2. The van der Waals surface area contributed by atoms with E-state index in [0.717, 1.165) is 22.5 Å². The normalized spacial score (nSPS) is 15.9. The Bertz CT molecular complexity index is 1520. The molecule has 1 amide bonds. The van der Waals surface area contributed by atoms with Crippen molar-refractivity contribution < 1.29 is 9.53 Å². The summed E-state index contributed by atoms with van der Waals surface area (Å²) in [5.41, 5.74) is 4.12. The highest BCUT2D eigenvalue weighted by atomic mass is 16.5. The lowest BCUT2D eigenvalue weighted by Gasteiger charge is -2.30. The van der Waals surface area contributed by atoms with E-state index in [1.165, 1.54) is 0 Å². The number of guanidine groups is 1. The largest absolute Gasteiger partial charge is 0.438 e. The third kappa shape index (κ3) is 4.14. The van der Waals surface area contributed by atoms with Crippen LogP contribution in [-0.2, 0) is 6.54 Å². The number of aryl methyl sites for hydroxylation is 1. The molecule has 4 heterocycles. The lowest BCUT2D eigenvalue weighted by molar-refractivity contribution is 0.0862. The van der Waals surface area contributed by atoms with Crippen molar-refractivity contribution in [1.29, 1.82) is 0 Å². The van der Waals surface area contributed by atoms with E-state index in [0.29, 0.717) is 42.1 Å². The molecule has 186 valence electrons. The zero-order valence-corrected chi connectivity index (χ0v) is 21.3. The summed E-state index contributed by atoms with van der Waals surface area (Å²) in [4.78, 5) is 26.6. The average Bonchev–Trinajstić information content (AvgIpc) is 3.40. The van der Waals surface area contributed by atoms with Crippen LogP contribution in [-0.4, -0.2) is 50.7 Å². The van der Waals surface area contributed by atoms with Crippen LogP contribution in [0.5, 0.6) is 11.6 Å². The molecule has 2 aromatic heterocycles. The summed E-state index contributed by atoms with van der Waals surface area (Å²) < 4.78 is 8.10. The molecule has 0 spiro atoms. The number of aliphatic imine (C=N–C) groups is 1. The van der Waals surface area contributed by atoms with Crippen molar-refractivity contribution in [3.63, 3.8) is 0 Å². The zero-order valence-electron chi connectivity index (χ0n) is 21.3. The van der Waals surface area contributed by atoms with Gasteiger partial charge in [0, 0.05) is 18.3 Å². The van der Waals surface area contributed by atoms with E-state index in [1.54, 1.807) is 16.6 Å². The Kier molecular flexibility index (Phi) is 5.33. The summed E-state index contributed by atoms with van der Waals surface area (Å²) in [5, 5.41) is 4.90. The topological polar surface area (TPSA) is 75.9 Å². The van der Waals surface area contributed by atoms with Gasteiger partial charge in [0.25, 0.3) is 5.91 Å². The fraction of sp³-hybridized carbons (Fsp3) is 0.241. The molecule has 2 aromatic carbocycles. The van der Waals surface area contributed by atoms with Gasteiger partial charge in [-0.25, -0.2) is 9.67 Å². The summed E-state index contributed by atoms with van der Waals surface area (Å²) in [6, 6.07) is 23.7. The van der Waals surface area contributed by atoms with Gasteiger partial charge in [-0.3, -0.25) is 19.6 Å². The van der Waals surface area contributed by atoms with Crippen LogP contribution in [0.3, 0.4) is 0 Å². The van der Waals surface area contributed by atoms with Crippen LogP contribution >= 0.6 is 0 Å². The number of pyridine rings is 1. The van der Waals surface area contributed by atoms with Gasteiger partial charge >= 0.3 is 0 Å². The molecular formula is C29H28N6O2. The summed E-state index contributed by atoms with van der Waals surface area (Å²) in [6.07, 6.45) is 0. The predicted octanol–water partition coefficient (Wildman–Crippen LogP) is 5.13. The Morgan fingerprint density at radius 1 is 0.973 bits per heavy atom. The molecule has 8 nitrogen and oxygen atoms in total. The minimum Gasteiger partial charge on any atom is -0.438 e. The van der Waals surface area contributed by atoms with E-state index in [4.69, 9.17) is 14.8 Å². The second-order valence-corrected chi connectivity index (χ2v) is 10.1. The Morgan fingerprint density at radius 3 is 2.46 bits per heavy atom. The number of rotatable bonds is 5. The van der Waals surface area contributed by atoms with Gasteiger partial charge < -0.3 is 4.74 Å². The molecule has 0 atom stereocenters. The number of hydrogen-bond acceptors (Lipinski definition) is 6. The van der Waals surface area contributed by atoms with Crippen molar-refractivity contribution in [2.75, 3.05) is 18.5 Å². The standard InChI is InChI=1S/C29H28N6O2/c1-19-9-8-12-23(30-19)21-15-13-20(14-16-21)17-35-27(37-22-10-6-5-7-11-22)24-25(32-35)34-18-29(2,3)31-28(34)33(4)26(24)36/h5-16H,17-18H2,1-4H3. The average molecular weight is 493 g/mol. The van der Waals surface area contributed by atoms with Gasteiger partial charge in [-0.05, 0) is 50.6 Å². The van der Waals surface area contributed by atoms with Crippen LogP contribution in [0.1, 0.15) is 35.5 Å². The number of anilines is 1. The molecule has 0 N–H and O–H groups in total. The molecule has 2 aliphatic rings. The van der Waals surface area contributed by atoms with E-state index >= 15 is 0 Å². The van der Waals surface area contributed by atoms with Crippen LogP contribution in [0.4, 0.5) is 5.82 Å². The molecule has 8 heteroatoms. The molecule has 0 fully saturated rings. The summed E-state index contributed by atoms with van der Waals surface area (Å²) >= 11 is 0. The molecule has 0 bridgehead atoms. The Morgan fingerprint density at radius 2 is 1.73 bits per heavy atom. The van der Waals surface area contributed by atoms with Crippen molar-refractivity contribution in [3.8, 4) is 22.9 Å². The fourth-order valence-electron chi connectivity index (χ4n) is 4.79. The number of carbonyl (C=O) groups excluding carboxylic acids is 1. The number of para-hydroxylation sites is 1. The van der Waals surface area contributed by atoms with E-state index in [2.05, 4.69) is 43.1 Å². The van der Waals surface area contributed by atoms with Crippen molar-refractivity contribution in [2.45, 2.75) is 32.9 Å². The molecule has 37 heavy (non-hydrogen) atoms. The zero-order chi connectivity index (χ0) is 25.7. The summed E-state index contributed by atoms with van der Waals surface area (Å²) in [5.74, 6) is 2.09. The smallest absolute Gasteiger partial charge is 0.269 e. The Labute approximate surface area is 215 Å². The first kappa shape index (κ1) is 23.0.